The lowest BCUT2D eigenvalue weighted by atomic mass is 9.53. The molecule has 5 nitrogen and oxygen atoms in total. The van der Waals surface area contributed by atoms with Crippen LogP contribution in [0.1, 0.15) is 49.7 Å². The average molecular weight is 487 g/mol. The third-order valence-electron chi connectivity index (χ3n) is 7.78. The lowest BCUT2D eigenvalue weighted by Crippen LogP contribution is -2.61. The number of rotatable bonds is 6. The van der Waals surface area contributed by atoms with Gasteiger partial charge in [0.05, 0.1) is 10.6 Å². The maximum atomic E-state index is 13.7. The Balaban J connectivity index is 1.45. The topological polar surface area (TPSA) is 66.5 Å². The summed E-state index contributed by atoms with van der Waals surface area (Å²) in [5.74, 6) is 1.84. The third kappa shape index (κ3) is 4.40. The summed E-state index contributed by atoms with van der Waals surface area (Å²) in [5, 5.41) is 3.75. The van der Waals surface area contributed by atoms with E-state index in [2.05, 4.69) is 5.32 Å². The van der Waals surface area contributed by atoms with Gasteiger partial charge in [0.15, 0.2) is 0 Å². The molecule has 0 heterocycles. The van der Waals surface area contributed by atoms with E-state index in [9.17, 15) is 13.2 Å². The Morgan fingerprint density at radius 3 is 2.15 bits per heavy atom. The van der Waals surface area contributed by atoms with E-state index in [1.165, 1.54) is 23.6 Å². The van der Waals surface area contributed by atoms with Gasteiger partial charge in [0.1, 0.15) is 6.54 Å². The fraction of sp³-hybridized carbons (Fsp3) is 0.500. The highest BCUT2D eigenvalue weighted by Gasteiger charge is 2.51. The largest absolute Gasteiger partial charge is 0.349 e. The minimum atomic E-state index is -3.96. The number of aryl methyl sites for hydroxylation is 2. The first-order valence-corrected chi connectivity index (χ1v) is 13.6. The van der Waals surface area contributed by atoms with Crippen molar-refractivity contribution in [3.63, 3.8) is 0 Å². The zero-order valence-electron chi connectivity index (χ0n) is 19.2. The van der Waals surface area contributed by atoms with E-state index in [4.69, 9.17) is 11.6 Å². The second-order valence-corrected chi connectivity index (χ2v) is 12.8. The molecule has 0 aromatic heterocycles. The van der Waals surface area contributed by atoms with Crippen molar-refractivity contribution >= 4 is 33.2 Å². The van der Waals surface area contributed by atoms with Gasteiger partial charge in [-0.1, -0.05) is 35.4 Å². The summed E-state index contributed by atoms with van der Waals surface area (Å²) >= 11 is 6.24. The smallest absolute Gasteiger partial charge is 0.264 e. The van der Waals surface area contributed by atoms with Gasteiger partial charge in [-0.15, -0.1) is 0 Å². The molecule has 4 fully saturated rings. The summed E-state index contributed by atoms with van der Waals surface area (Å²) in [6.45, 7) is 3.48. The van der Waals surface area contributed by atoms with Crippen LogP contribution in [0.2, 0.25) is 5.02 Å². The minimum absolute atomic E-state index is 0.162. The van der Waals surface area contributed by atoms with E-state index in [-0.39, 0.29) is 22.9 Å². The van der Waals surface area contributed by atoms with Crippen LogP contribution in [0.3, 0.4) is 0 Å². The summed E-state index contributed by atoms with van der Waals surface area (Å²) in [5.41, 5.74) is 1.98. The minimum Gasteiger partial charge on any atom is -0.349 e. The first-order chi connectivity index (χ1) is 15.6. The SMILES string of the molecule is Cc1ccc(S(=O)(=O)N(CC(=O)NC23CC4CC(CC(C4)C2)C3)c2cc(Cl)ccc2C)cc1. The molecule has 1 N–H and O–H groups in total. The number of benzene rings is 2. The summed E-state index contributed by atoms with van der Waals surface area (Å²) in [4.78, 5) is 13.6. The molecule has 4 bridgehead atoms. The number of sulfonamides is 1. The molecular weight excluding hydrogens is 456 g/mol. The molecule has 1 amide bonds. The van der Waals surface area contributed by atoms with Crippen molar-refractivity contribution in [3.8, 4) is 0 Å². The Labute approximate surface area is 201 Å². The number of halogens is 1. The lowest BCUT2D eigenvalue weighted by molar-refractivity contribution is -0.125. The Morgan fingerprint density at radius 2 is 1.58 bits per heavy atom. The second kappa shape index (κ2) is 8.31. The zero-order valence-corrected chi connectivity index (χ0v) is 20.8. The molecule has 0 atom stereocenters. The van der Waals surface area contributed by atoms with Crippen molar-refractivity contribution < 1.29 is 13.2 Å². The van der Waals surface area contributed by atoms with E-state index in [0.717, 1.165) is 30.4 Å². The highest BCUT2D eigenvalue weighted by molar-refractivity contribution is 7.92. The molecule has 2 aromatic rings. The molecule has 0 radical (unpaired) electrons. The van der Waals surface area contributed by atoms with Crippen molar-refractivity contribution in [2.45, 2.75) is 62.8 Å². The Bertz CT molecular complexity index is 1140. The quantitative estimate of drug-likeness (QED) is 0.607. The van der Waals surface area contributed by atoms with Crippen LogP contribution < -0.4 is 9.62 Å². The molecule has 4 aliphatic rings. The van der Waals surface area contributed by atoms with Gasteiger partial charge in [-0.05, 0) is 100.0 Å². The molecule has 4 aliphatic carbocycles. The first-order valence-electron chi connectivity index (χ1n) is 11.8. The molecule has 0 aliphatic heterocycles. The third-order valence-corrected chi connectivity index (χ3v) is 9.79. The molecule has 6 rings (SSSR count). The van der Waals surface area contributed by atoms with Crippen LogP contribution in [-0.4, -0.2) is 26.4 Å². The predicted octanol–water partition coefficient (Wildman–Crippen LogP) is 5.24. The van der Waals surface area contributed by atoms with E-state index in [0.29, 0.717) is 28.5 Å². The first kappa shape index (κ1) is 22.7. The fourth-order valence-electron chi connectivity index (χ4n) is 6.72. The van der Waals surface area contributed by atoms with Crippen molar-refractivity contribution in [1.29, 1.82) is 0 Å². The summed E-state index contributed by atoms with van der Waals surface area (Å²) in [7, 11) is -3.96. The lowest BCUT2D eigenvalue weighted by Gasteiger charge is -2.57. The van der Waals surface area contributed by atoms with Gasteiger partial charge in [-0.2, -0.15) is 0 Å². The van der Waals surface area contributed by atoms with E-state index in [1.54, 1.807) is 42.5 Å². The van der Waals surface area contributed by atoms with Gasteiger partial charge in [-0.3, -0.25) is 9.10 Å². The van der Waals surface area contributed by atoms with Crippen LogP contribution in [0.4, 0.5) is 5.69 Å². The Kier molecular flexibility index (Phi) is 5.73. The summed E-state index contributed by atoms with van der Waals surface area (Å²) < 4.78 is 28.6. The number of nitrogens with one attached hydrogen (secondary N) is 1. The maximum Gasteiger partial charge on any atom is 0.264 e. The highest BCUT2D eigenvalue weighted by Crippen LogP contribution is 2.55. The highest BCUT2D eigenvalue weighted by atomic mass is 35.5. The number of carbonyl (C=O) groups is 1. The molecule has 4 saturated carbocycles. The van der Waals surface area contributed by atoms with Crippen LogP contribution in [0.15, 0.2) is 47.4 Å². The zero-order chi connectivity index (χ0) is 23.4. The van der Waals surface area contributed by atoms with Crippen LogP contribution in [0, 0.1) is 31.6 Å². The number of anilines is 1. The van der Waals surface area contributed by atoms with Crippen molar-refractivity contribution in [2.24, 2.45) is 17.8 Å². The maximum absolute atomic E-state index is 13.7. The molecule has 176 valence electrons. The number of hydrogen-bond acceptors (Lipinski definition) is 3. The van der Waals surface area contributed by atoms with Gasteiger partial charge < -0.3 is 5.32 Å². The van der Waals surface area contributed by atoms with Crippen molar-refractivity contribution in [2.75, 3.05) is 10.8 Å². The van der Waals surface area contributed by atoms with Crippen LogP contribution in [0.25, 0.3) is 0 Å². The Hall–Kier alpha value is -2.05. The number of nitrogens with zero attached hydrogens (tertiary/aromatic N) is 1. The van der Waals surface area contributed by atoms with Crippen molar-refractivity contribution in [3.05, 3.63) is 58.6 Å². The van der Waals surface area contributed by atoms with Gasteiger partial charge >= 0.3 is 0 Å². The Morgan fingerprint density at radius 1 is 1.00 bits per heavy atom. The van der Waals surface area contributed by atoms with Crippen molar-refractivity contribution in [1.82, 2.24) is 5.32 Å². The molecule has 33 heavy (non-hydrogen) atoms. The number of hydrogen-bond donors (Lipinski definition) is 1. The van der Waals surface area contributed by atoms with E-state index >= 15 is 0 Å². The monoisotopic (exact) mass is 486 g/mol. The van der Waals surface area contributed by atoms with E-state index in [1.807, 2.05) is 13.8 Å². The van der Waals surface area contributed by atoms with E-state index < -0.39 is 10.0 Å². The molecule has 7 heteroatoms. The van der Waals surface area contributed by atoms with Crippen LogP contribution in [0.5, 0.6) is 0 Å². The molecule has 0 spiro atoms. The van der Waals surface area contributed by atoms with Gasteiger partial charge in [0.25, 0.3) is 10.0 Å². The fourth-order valence-corrected chi connectivity index (χ4v) is 8.36. The predicted molar refractivity (Wildman–Crippen MR) is 131 cm³/mol. The summed E-state index contributed by atoms with van der Waals surface area (Å²) in [6, 6.07) is 11.9. The van der Waals surface area contributed by atoms with Crippen LogP contribution in [-0.2, 0) is 14.8 Å². The number of carbonyl (C=O) groups excluding carboxylic acids is 1. The summed E-state index contributed by atoms with van der Waals surface area (Å²) in [6.07, 6.45) is 6.91. The molecular formula is C26H31ClN2O3S. The van der Waals surface area contributed by atoms with Crippen LogP contribution >= 0.6 is 11.6 Å². The van der Waals surface area contributed by atoms with Gasteiger partial charge in [-0.25, -0.2) is 8.42 Å². The standard InChI is InChI=1S/C26H31ClN2O3S/c1-17-3-7-23(8-4-17)33(31,32)29(24-12-22(27)6-5-18(24)2)16-25(30)28-26-13-19-9-20(14-26)11-21(10-19)15-26/h3-8,12,19-21H,9-11,13-16H2,1-2H3,(H,28,30). The average Bonchev–Trinajstić information content (AvgIpc) is 2.73. The molecule has 0 saturated heterocycles. The van der Waals surface area contributed by atoms with Gasteiger partial charge in [0.2, 0.25) is 5.91 Å². The number of amides is 1. The van der Waals surface area contributed by atoms with Gasteiger partial charge in [0, 0.05) is 10.6 Å². The molecule has 0 unspecified atom stereocenters. The second-order valence-electron chi connectivity index (χ2n) is 10.5. The normalized spacial score (nSPS) is 28.0. The molecule has 2 aromatic carbocycles.